The zero-order valence-electron chi connectivity index (χ0n) is 25.8. The van der Waals surface area contributed by atoms with E-state index in [0.717, 1.165) is 24.0 Å². The number of alkyl carbamates (subject to hydrolysis) is 1. The van der Waals surface area contributed by atoms with Crippen molar-refractivity contribution >= 4 is 24.0 Å². The molecule has 0 fully saturated rings. The Bertz CT molecular complexity index is 1190. The molecule has 3 atom stereocenters. The van der Waals surface area contributed by atoms with Crippen molar-refractivity contribution in [3.8, 4) is 5.75 Å². The number of benzene rings is 2. The largest absolute Gasteiger partial charge is 0.508 e. The molecule has 0 heterocycles. The smallest absolute Gasteiger partial charge is 0.408 e. The molecule has 3 unspecified atom stereocenters. The molecule has 3 N–H and O–H groups in total. The van der Waals surface area contributed by atoms with Gasteiger partial charge in [0, 0.05) is 18.0 Å². The molecule has 2 aromatic rings. The van der Waals surface area contributed by atoms with Gasteiger partial charge in [-0.3, -0.25) is 9.59 Å². The minimum atomic E-state index is -1.06. The van der Waals surface area contributed by atoms with Gasteiger partial charge in [-0.25, -0.2) is 4.79 Å². The molecule has 8 nitrogen and oxygen atoms in total. The van der Waals surface area contributed by atoms with E-state index in [1.807, 2.05) is 52.0 Å². The van der Waals surface area contributed by atoms with Crippen LogP contribution in [-0.2, 0) is 20.7 Å². The molecule has 0 radical (unpaired) electrons. The molecule has 2 rings (SSSR count). The Kier molecular flexibility index (Phi) is 11.6. The summed E-state index contributed by atoms with van der Waals surface area (Å²) in [6.45, 7) is 18.7. The van der Waals surface area contributed by atoms with Crippen molar-refractivity contribution in [2.45, 2.75) is 104 Å². The third kappa shape index (κ3) is 10.3. The molecule has 224 valence electrons. The van der Waals surface area contributed by atoms with Gasteiger partial charge in [-0.15, -0.1) is 0 Å². The van der Waals surface area contributed by atoms with Crippen LogP contribution < -0.4 is 10.6 Å². The van der Waals surface area contributed by atoms with Crippen molar-refractivity contribution in [1.82, 2.24) is 15.5 Å². The number of hydrogen-bond donors (Lipinski definition) is 3. The summed E-state index contributed by atoms with van der Waals surface area (Å²) in [5.41, 5.74) is 0.573. The van der Waals surface area contributed by atoms with Crippen LogP contribution in [0.5, 0.6) is 5.75 Å². The van der Waals surface area contributed by atoms with E-state index in [9.17, 15) is 19.5 Å². The highest BCUT2D eigenvalue weighted by Gasteiger charge is 2.42. The van der Waals surface area contributed by atoms with Gasteiger partial charge in [-0.2, -0.15) is 0 Å². The Hall–Kier alpha value is -3.81. The predicted molar refractivity (Wildman–Crippen MR) is 163 cm³/mol. The van der Waals surface area contributed by atoms with Crippen LogP contribution in [0.3, 0.4) is 0 Å². The number of carbonyl (C=O) groups excluding carboxylic acids is 3. The number of carbonyl (C=O) groups is 3. The number of ether oxygens (including phenoxy) is 1. The minimum absolute atomic E-state index is 0.0908. The lowest BCUT2D eigenvalue weighted by Crippen LogP contribution is -2.59. The first kappa shape index (κ1) is 33.4. The molecule has 2 aromatic carbocycles. The van der Waals surface area contributed by atoms with Gasteiger partial charge in [0.2, 0.25) is 11.8 Å². The lowest BCUT2D eigenvalue weighted by atomic mass is 9.93. The fourth-order valence-electron chi connectivity index (χ4n) is 4.63. The summed E-state index contributed by atoms with van der Waals surface area (Å²) >= 11 is 0. The molecular weight excluding hydrogens is 518 g/mol. The molecular formula is C33H47N3O5. The third-order valence-electron chi connectivity index (χ3n) is 6.40. The number of nitrogens with zero attached hydrogens (tertiary/aromatic N) is 1. The van der Waals surface area contributed by atoms with E-state index in [2.05, 4.69) is 24.1 Å². The Morgan fingerprint density at radius 2 is 1.66 bits per heavy atom. The SMILES string of the molecule is C=Cc1cccc(C(C(=O)NC(C)CCC)N(C(=O)C(Cc2ccc(O)cc2)NC(=O)OC(C)(C)C)C(C)(C)C)c1. The van der Waals surface area contributed by atoms with Crippen LogP contribution in [0, 0.1) is 0 Å². The van der Waals surface area contributed by atoms with Gasteiger partial charge in [0.1, 0.15) is 23.4 Å². The van der Waals surface area contributed by atoms with E-state index in [4.69, 9.17) is 4.74 Å². The van der Waals surface area contributed by atoms with Crippen LogP contribution >= 0.6 is 0 Å². The number of aromatic hydroxyl groups is 1. The van der Waals surface area contributed by atoms with Gasteiger partial charge in [0.05, 0.1) is 0 Å². The Balaban J connectivity index is 2.65. The van der Waals surface area contributed by atoms with E-state index in [-0.39, 0.29) is 24.1 Å². The summed E-state index contributed by atoms with van der Waals surface area (Å²) in [4.78, 5) is 43.0. The summed E-state index contributed by atoms with van der Waals surface area (Å²) < 4.78 is 5.49. The van der Waals surface area contributed by atoms with Crippen molar-refractivity contribution in [3.63, 3.8) is 0 Å². The van der Waals surface area contributed by atoms with Gasteiger partial charge in [0.25, 0.3) is 0 Å². The second-order valence-corrected chi connectivity index (χ2v) is 12.4. The van der Waals surface area contributed by atoms with Crippen molar-refractivity contribution in [3.05, 3.63) is 71.8 Å². The Morgan fingerprint density at radius 3 is 2.20 bits per heavy atom. The summed E-state index contributed by atoms with van der Waals surface area (Å²) in [5, 5.41) is 15.6. The second kappa shape index (κ2) is 14.2. The number of rotatable bonds is 11. The number of phenols is 1. The van der Waals surface area contributed by atoms with Crippen molar-refractivity contribution in [1.29, 1.82) is 0 Å². The highest BCUT2D eigenvalue weighted by Crippen LogP contribution is 2.31. The van der Waals surface area contributed by atoms with E-state index in [1.54, 1.807) is 43.9 Å². The number of amides is 3. The lowest BCUT2D eigenvalue weighted by molar-refractivity contribution is -0.148. The maximum atomic E-state index is 14.6. The zero-order chi connectivity index (χ0) is 31.0. The van der Waals surface area contributed by atoms with E-state index >= 15 is 0 Å². The van der Waals surface area contributed by atoms with Crippen molar-refractivity contribution in [2.24, 2.45) is 0 Å². The molecule has 8 heteroatoms. The molecule has 0 aromatic heterocycles. The highest BCUT2D eigenvalue weighted by molar-refractivity contribution is 5.93. The standard InChI is InChI=1S/C33H47N3O5/c1-10-13-22(3)34-29(38)28(25-15-12-14-23(11-2)20-25)36(32(4,5)6)30(39)27(35-31(40)41-33(7,8)9)21-24-16-18-26(37)19-17-24/h11-12,14-20,22,27-28,37H,2,10,13,21H2,1,3-9H3,(H,34,38)(H,35,40). The molecule has 0 bridgehead atoms. The second-order valence-electron chi connectivity index (χ2n) is 12.4. The summed E-state index contributed by atoms with van der Waals surface area (Å²) in [6, 6.07) is 11.7. The van der Waals surface area contributed by atoms with Gasteiger partial charge in [0.15, 0.2) is 0 Å². The van der Waals surface area contributed by atoms with Crippen LogP contribution in [-0.4, -0.2) is 51.1 Å². The molecule has 0 saturated heterocycles. The molecule has 0 saturated carbocycles. The Labute approximate surface area is 245 Å². The third-order valence-corrected chi connectivity index (χ3v) is 6.40. The van der Waals surface area contributed by atoms with Crippen LogP contribution in [0.4, 0.5) is 4.79 Å². The normalized spacial score (nSPS) is 13.9. The molecule has 41 heavy (non-hydrogen) atoms. The van der Waals surface area contributed by atoms with Crippen LogP contribution in [0.1, 0.15) is 91.0 Å². The van der Waals surface area contributed by atoms with Crippen LogP contribution in [0.25, 0.3) is 6.08 Å². The fourth-order valence-corrected chi connectivity index (χ4v) is 4.63. The monoisotopic (exact) mass is 565 g/mol. The first-order valence-electron chi connectivity index (χ1n) is 14.2. The van der Waals surface area contributed by atoms with Crippen molar-refractivity contribution < 1.29 is 24.2 Å². The van der Waals surface area contributed by atoms with E-state index in [0.29, 0.717) is 5.56 Å². The summed E-state index contributed by atoms with van der Waals surface area (Å²) in [5.74, 6) is -0.659. The highest BCUT2D eigenvalue weighted by atomic mass is 16.6. The lowest BCUT2D eigenvalue weighted by Gasteiger charge is -2.43. The molecule has 0 aliphatic heterocycles. The maximum absolute atomic E-state index is 14.6. The quantitative estimate of drug-likeness (QED) is 0.303. The van der Waals surface area contributed by atoms with Gasteiger partial charge in [-0.05, 0) is 89.8 Å². The first-order valence-corrected chi connectivity index (χ1v) is 14.2. The molecule has 0 aliphatic carbocycles. The van der Waals surface area contributed by atoms with Crippen molar-refractivity contribution in [2.75, 3.05) is 0 Å². The average molecular weight is 566 g/mol. The molecule has 0 spiro atoms. The first-order chi connectivity index (χ1) is 19.1. The van der Waals surface area contributed by atoms with Crippen LogP contribution in [0.15, 0.2) is 55.1 Å². The summed E-state index contributed by atoms with van der Waals surface area (Å²) in [6.07, 6.45) is 2.76. The average Bonchev–Trinajstić information content (AvgIpc) is 2.86. The fraction of sp³-hybridized carbons (Fsp3) is 0.485. The zero-order valence-corrected chi connectivity index (χ0v) is 25.8. The Morgan fingerprint density at radius 1 is 1.02 bits per heavy atom. The summed E-state index contributed by atoms with van der Waals surface area (Å²) in [7, 11) is 0. The van der Waals surface area contributed by atoms with Gasteiger partial charge >= 0.3 is 6.09 Å². The van der Waals surface area contributed by atoms with Crippen LogP contribution in [0.2, 0.25) is 0 Å². The molecule has 3 amide bonds. The number of nitrogens with one attached hydrogen (secondary N) is 2. The van der Waals surface area contributed by atoms with Gasteiger partial charge < -0.3 is 25.4 Å². The van der Waals surface area contributed by atoms with E-state index < -0.39 is 35.2 Å². The number of hydrogen-bond acceptors (Lipinski definition) is 5. The van der Waals surface area contributed by atoms with Gasteiger partial charge in [-0.1, -0.05) is 56.3 Å². The number of phenolic OH excluding ortho intramolecular Hbond substituents is 1. The topological polar surface area (TPSA) is 108 Å². The van der Waals surface area contributed by atoms with E-state index in [1.165, 1.54) is 12.1 Å². The minimum Gasteiger partial charge on any atom is -0.508 e. The maximum Gasteiger partial charge on any atom is 0.408 e. The predicted octanol–water partition coefficient (Wildman–Crippen LogP) is 6.14. The molecule has 0 aliphatic rings.